The Morgan fingerprint density at radius 3 is 1.35 bits per heavy atom. The first-order valence-electron chi connectivity index (χ1n) is 18.1. The van der Waals surface area contributed by atoms with E-state index in [1.54, 1.807) is 0 Å². The van der Waals surface area contributed by atoms with Gasteiger partial charge in [-0.1, -0.05) is 57.8 Å². The van der Waals surface area contributed by atoms with Crippen molar-refractivity contribution in [3.8, 4) is 0 Å². The lowest BCUT2D eigenvalue weighted by Crippen LogP contribution is -2.51. The van der Waals surface area contributed by atoms with Crippen molar-refractivity contribution in [1.82, 2.24) is 37.2 Å². The molecular weight excluding hydrogens is 716 g/mol. The third kappa shape index (κ3) is 28.7. The van der Waals surface area contributed by atoms with Crippen LogP contribution in [0.25, 0.3) is 0 Å². The van der Waals surface area contributed by atoms with Crippen molar-refractivity contribution in [3.05, 3.63) is 0 Å². The van der Waals surface area contributed by atoms with Gasteiger partial charge in [-0.05, 0) is 19.3 Å². The van der Waals surface area contributed by atoms with Crippen LogP contribution in [0.4, 0.5) is 0 Å². The van der Waals surface area contributed by atoms with Crippen molar-refractivity contribution >= 4 is 53.3 Å². The Morgan fingerprint density at radius 2 is 0.907 bits per heavy atom. The number of aliphatic hydroxyl groups excluding tert-OH is 1. The largest absolute Gasteiger partial charge is 0.481 e. The molecule has 21 nitrogen and oxygen atoms in total. The summed E-state index contributed by atoms with van der Waals surface area (Å²) in [5, 5.41) is 43.6. The van der Waals surface area contributed by atoms with E-state index in [4.69, 9.17) is 11.0 Å². The number of carbonyl (C=O) groups is 9. The van der Waals surface area contributed by atoms with Crippen LogP contribution >= 0.6 is 0 Å². The number of unbranched alkanes of at least 4 members (excludes halogenated alkanes) is 10. The predicted molar refractivity (Wildman–Crippen MR) is 191 cm³/mol. The van der Waals surface area contributed by atoms with E-state index in [0.717, 1.165) is 57.8 Å². The number of carboxylic acid groups (broad SMARTS) is 2. The molecule has 12 N–H and O–H groups in total. The monoisotopic (exact) mass is 774 g/mol. The van der Waals surface area contributed by atoms with Gasteiger partial charge in [0.25, 0.3) is 0 Å². The second-order valence-electron chi connectivity index (χ2n) is 12.4. The lowest BCUT2D eigenvalue weighted by molar-refractivity contribution is -0.142. The molecular formula is C33H58N8O13. The van der Waals surface area contributed by atoms with Crippen LogP contribution in [-0.4, -0.2) is 127 Å². The smallest absolute Gasteiger partial charge is 0.326 e. The topological polar surface area (TPSA) is 334 Å². The first-order valence-corrected chi connectivity index (χ1v) is 18.1. The van der Waals surface area contributed by atoms with Gasteiger partial charge in [0.05, 0.1) is 39.4 Å². The molecule has 0 aromatic heterocycles. The third-order valence-corrected chi connectivity index (χ3v) is 7.73. The number of rotatable bonds is 33. The van der Waals surface area contributed by atoms with E-state index in [0.29, 0.717) is 12.8 Å². The second-order valence-corrected chi connectivity index (χ2v) is 12.4. The van der Waals surface area contributed by atoms with E-state index in [1.807, 2.05) is 0 Å². The highest BCUT2D eigenvalue weighted by atomic mass is 16.6. The van der Waals surface area contributed by atoms with Gasteiger partial charge in [0.15, 0.2) is 0 Å². The summed E-state index contributed by atoms with van der Waals surface area (Å²) < 4.78 is 0. The van der Waals surface area contributed by atoms with Gasteiger partial charge in [0.2, 0.25) is 41.4 Å². The number of aliphatic carboxylic acids is 2. The number of aliphatic hydroxyl groups is 1. The highest BCUT2D eigenvalue weighted by molar-refractivity contribution is 5.93. The Morgan fingerprint density at radius 1 is 0.500 bits per heavy atom. The zero-order valence-corrected chi connectivity index (χ0v) is 30.7. The Balaban J connectivity index is 4.23. The van der Waals surface area contributed by atoms with Crippen LogP contribution in [-0.2, 0) is 48.0 Å². The van der Waals surface area contributed by atoms with Crippen molar-refractivity contribution in [3.63, 3.8) is 0 Å². The fraction of sp³-hybridized carbons (Fsp3) is 0.727. The number of hydrogen-bond donors (Lipinski definition) is 11. The standard InChI is InChI=1S/C33H58N8O13/c34-54-17-16-35-27(45)18-36-28(46)19-37-29(47)20-38-30(48)21-39-32(51)24(22-42)41-26(44)15-14-23(33(52)53)40-25(43)12-10-8-6-4-2-1-3-5-7-9-11-13-31(49)50/h23-24,42H,1-22,34H2,(H,35,45)(H,36,46)(H,37,47)(H,38,48)(H,39,51)(H,40,43)(H,41,44)(H,49,50)(H,52,53)/t23-,24-/m0/s1. The number of carbonyl (C=O) groups excluding carboxylic acids is 7. The molecule has 0 bridgehead atoms. The normalized spacial score (nSPS) is 11.7. The number of amides is 7. The van der Waals surface area contributed by atoms with Gasteiger partial charge in [-0.15, -0.1) is 0 Å². The molecule has 0 spiro atoms. The zero-order chi connectivity index (χ0) is 40.6. The summed E-state index contributed by atoms with van der Waals surface area (Å²) in [6.45, 7) is -2.63. The number of carboxylic acids is 2. The minimum atomic E-state index is -1.48. The summed E-state index contributed by atoms with van der Waals surface area (Å²) in [7, 11) is 0. The Labute approximate surface area is 314 Å². The molecule has 0 unspecified atom stereocenters. The molecule has 0 aromatic carbocycles. The molecule has 2 atom stereocenters. The number of hydrogen-bond acceptors (Lipinski definition) is 12. The lowest BCUT2D eigenvalue weighted by atomic mass is 10.0. The van der Waals surface area contributed by atoms with Gasteiger partial charge in [-0.2, -0.15) is 0 Å². The molecule has 0 rings (SSSR count). The van der Waals surface area contributed by atoms with E-state index >= 15 is 0 Å². The van der Waals surface area contributed by atoms with E-state index < -0.39 is 98.0 Å². The van der Waals surface area contributed by atoms with Crippen molar-refractivity contribution < 1.29 is 63.3 Å². The fourth-order valence-corrected chi connectivity index (χ4v) is 4.74. The maximum Gasteiger partial charge on any atom is 0.326 e. The van der Waals surface area contributed by atoms with Crippen LogP contribution in [0.15, 0.2) is 0 Å². The van der Waals surface area contributed by atoms with Crippen molar-refractivity contribution in [2.45, 2.75) is 108 Å². The van der Waals surface area contributed by atoms with Gasteiger partial charge in [-0.3, -0.25) is 38.4 Å². The van der Waals surface area contributed by atoms with Crippen LogP contribution < -0.4 is 43.1 Å². The summed E-state index contributed by atoms with van der Waals surface area (Å²) in [6, 6.07) is -2.82. The Kier molecular flexibility index (Phi) is 28.8. The van der Waals surface area contributed by atoms with Gasteiger partial charge < -0.3 is 57.4 Å². The van der Waals surface area contributed by atoms with Crippen LogP contribution in [0.2, 0.25) is 0 Å². The van der Waals surface area contributed by atoms with Crippen LogP contribution in [0.5, 0.6) is 0 Å². The average Bonchev–Trinajstić information content (AvgIpc) is 3.13. The Bertz CT molecular complexity index is 1200. The van der Waals surface area contributed by atoms with E-state index in [1.165, 1.54) is 0 Å². The van der Waals surface area contributed by atoms with E-state index in [9.17, 15) is 53.4 Å². The minimum Gasteiger partial charge on any atom is -0.481 e. The minimum absolute atomic E-state index is 0.0798. The molecule has 0 aromatic rings. The fourth-order valence-electron chi connectivity index (χ4n) is 4.74. The molecule has 21 heteroatoms. The highest BCUT2D eigenvalue weighted by Crippen LogP contribution is 2.13. The summed E-state index contributed by atoms with van der Waals surface area (Å²) in [5.41, 5.74) is 0. The molecule has 308 valence electrons. The van der Waals surface area contributed by atoms with Crippen LogP contribution in [0.3, 0.4) is 0 Å². The SMILES string of the molecule is NOCCNC(=O)CNC(=O)CNC(=O)CNC(=O)CNC(=O)[C@H](CO)NC(=O)CC[C@H](NC(=O)CCCCCCCCCCCCCC(=O)O)C(=O)O. The van der Waals surface area contributed by atoms with Gasteiger partial charge in [0, 0.05) is 25.8 Å². The molecule has 7 amide bonds. The summed E-state index contributed by atoms with van der Waals surface area (Å²) in [6.07, 6.45) is 10.1. The van der Waals surface area contributed by atoms with E-state index in [-0.39, 0.29) is 39.0 Å². The molecule has 0 fully saturated rings. The van der Waals surface area contributed by atoms with Crippen LogP contribution in [0.1, 0.15) is 96.3 Å². The molecule has 0 radical (unpaired) electrons. The molecule has 0 heterocycles. The number of nitrogens with two attached hydrogens (primary N) is 1. The van der Waals surface area contributed by atoms with Crippen LogP contribution in [0, 0.1) is 0 Å². The first-order chi connectivity index (χ1) is 25.8. The summed E-state index contributed by atoms with van der Waals surface area (Å²) >= 11 is 0. The van der Waals surface area contributed by atoms with Gasteiger partial charge in [-0.25, -0.2) is 10.7 Å². The van der Waals surface area contributed by atoms with Gasteiger partial charge in [0.1, 0.15) is 12.1 Å². The molecule has 0 aliphatic carbocycles. The summed E-state index contributed by atoms with van der Waals surface area (Å²) in [4.78, 5) is 111. The maximum atomic E-state index is 12.4. The third-order valence-electron chi connectivity index (χ3n) is 7.73. The van der Waals surface area contributed by atoms with Crippen molar-refractivity contribution in [2.24, 2.45) is 5.90 Å². The molecule has 0 saturated heterocycles. The molecule has 0 aliphatic heterocycles. The highest BCUT2D eigenvalue weighted by Gasteiger charge is 2.24. The summed E-state index contributed by atoms with van der Waals surface area (Å²) in [5.74, 6) is -2.20. The second kappa shape index (κ2) is 31.6. The number of nitrogens with one attached hydrogen (secondary N) is 7. The molecule has 54 heavy (non-hydrogen) atoms. The zero-order valence-electron chi connectivity index (χ0n) is 30.7. The van der Waals surface area contributed by atoms with Crippen molar-refractivity contribution in [1.29, 1.82) is 0 Å². The lowest BCUT2D eigenvalue weighted by Gasteiger charge is -2.18. The van der Waals surface area contributed by atoms with E-state index in [2.05, 4.69) is 42.1 Å². The quantitative estimate of drug-likeness (QED) is 0.0242. The average molecular weight is 775 g/mol. The van der Waals surface area contributed by atoms with Crippen molar-refractivity contribution in [2.75, 3.05) is 45.9 Å². The van der Waals surface area contributed by atoms with Gasteiger partial charge >= 0.3 is 11.9 Å². The maximum absolute atomic E-state index is 12.4. The molecule has 0 aliphatic rings. The first kappa shape index (κ1) is 49.1. The Hall–Kier alpha value is -4.89. The molecule has 0 saturated carbocycles. The predicted octanol–water partition coefficient (Wildman–Crippen LogP) is -2.56.